The number of nitrogens with one attached hydrogen (secondary N) is 1. The van der Waals surface area contributed by atoms with Gasteiger partial charge in [-0.3, -0.25) is 4.79 Å². The molecule has 1 amide bonds. The number of amides is 1. The molecule has 0 aliphatic carbocycles. The zero-order chi connectivity index (χ0) is 24.7. The first-order valence-corrected chi connectivity index (χ1v) is 10.8. The fraction of sp³-hybridized carbons (Fsp3) is 0.375. The molecule has 182 valence electrons. The molecule has 10 heteroatoms. The van der Waals surface area contributed by atoms with Crippen molar-refractivity contribution >= 4 is 22.8 Å². The van der Waals surface area contributed by atoms with Gasteiger partial charge in [0.25, 0.3) is 0 Å². The maximum Gasteiger partial charge on any atom is 0.437 e. The lowest BCUT2D eigenvalue weighted by Crippen LogP contribution is -2.23. The van der Waals surface area contributed by atoms with E-state index >= 15 is 0 Å². The molecule has 1 heterocycles. The van der Waals surface area contributed by atoms with Crippen molar-refractivity contribution in [1.29, 1.82) is 0 Å². The second-order valence-corrected chi connectivity index (χ2v) is 7.62. The van der Waals surface area contributed by atoms with Gasteiger partial charge >= 0.3 is 12.1 Å². The second-order valence-electron chi connectivity index (χ2n) is 7.62. The highest BCUT2D eigenvalue weighted by Gasteiger charge is 2.37. The number of aryl methyl sites for hydroxylation is 1. The first-order chi connectivity index (χ1) is 16.2. The zero-order valence-corrected chi connectivity index (χ0v) is 18.8. The van der Waals surface area contributed by atoms with Crippen LogP contribution in [0.15, 0.2) is 40.9 Å². The van der Waals surface area contributed by atoms with E-state index in [0.29, 0.717) is 42.7 Å². The van der Waals surface area contributed by atoms with Gasteiger partial charge in [-0.25, -0.2) is 4.79 Å². The number of carbonyl (C=O) groups excluding carboxylic acids is 2. The van der Waals surface area contributed by atoms with Crippen LogP contribution in [0.3, 0.4) is 0 Å². The number of methoxy groups -OCH3 is 1. The number of nitrogens with zero attached hydrogens (tertiary/aromatic N) is 1. The van der Waals surface area contributed by atoms with Crippen LogP contribution in [0.2, 0.25) is 0 Å². The predicted molar refractivity (Wildman–Crippen MR) is 117 cm³/mol. The van der Waals surface area contributed by atoms with E-state index in [4.69, 9.17) is 9.26 Å². The molecule has 34 heavy (non-hydrogen) atoms. The summed E-state index contributed by atoms with van der Waals surface area (Å²) in [5, 5.41) is 5.90. The molecular formula is C24H25F3N2O5. The largest absolute Gasteiger partial charge is 0.493 e. The summed E-state index contributed by atoms with van der Waals surface area (Å²) < 4.78 is 54.8. The number of fused-ring (bicyclic) bond motifs is 1. The van der Waals surface area contributed by atoms with Gasteiger partial charge in [-0.05, 0) is 42.7 Å². The SMILES string of the molecule is CCCc1c(OCCCC(=O)NCc2ccc(C(=O)OC)cc2)ccc2c(C(F)(F)F)noc12. The van der Waals surface area contributed by atoms with E-state index in [2.05, 4.69) is 15.2 Å². The Kier molecular flexibility index (Phi) is 8.14. The molecule has 0 saturated carbocycles. The molecule has 0 spiro atoms. The van der Waals surface area contributed by atoms with E-state index in [1.165, 1.54) is 19.2 Å². The predicted octanol–water partition coefficient (Wildman–Crippen LogP) is 5.06. The molecule has 0 fully saturated rings. The van der Waals surface area contributed by atoms with Crippen molar-refractivity contribution < 1.29 is 36.8 Å². The topological polar surface area (TPSA) is 90.7 Å². The van der Waals surface area contributed by atoms with Crippen molar-refractivity contribution in [2.75, 3.05) is 13.7 Å². The van der Waals surface area contributed by atoms with Crippen LogP contribution in [-0.2, 0) is 28.7 Å². The third-order valence-electron chi connectivity index (χ3n) is 5.14. The molecule has 0 unspecified atom stereocenters. The Morgan fingerprint density at radius 2 is 1.85 bits per heavy atom. The fourth-order valence-corrected chi connectivity index (χ4v) is 3.45. The summed E-state index contributed by atoms with van der Waals surface area (Å²) in [5.41, 5.74) is 0.809. The van der Waals surface area contributed by atoms with E-state index in [1.54, 1.807) is 24.3 Å². The third-order valence-corrected chi connectivity index (χ3v) is 5.14. The van der Waals surface area contributed by atoms with Crippen molar-refractivity contribution in [3.8, 4) is 5.75 Å². The minimum absolute atomic E-state index is 0.0719. The Balaban J connectivity index is 1.52. The van der Waals surface area contributed by atoms with E-state index < -0.39 is 17.8 Å². The van der Waals surface area contributed by atoms with Gasteiger partial charge in [0.1, 0.15) is 5.75 Å². The first kappa shape index (κ1) is 25.1. The second kappa shape index (κ2) is 11.0. The number of ether oxygens (including phenoxy) is 2. The summed E-state index contributed by atoms with van der Waals surface area (Å²) in [7, 11) is 1.31. The molecule has 3 rings (SSSR count). The molecule has 0 aliphatic heterocycles. The smallest absolute Gasteiger partial charge is 0.437 e. The van der Waals surface area contributed by atoms with Crippen molar-refractivity contribution in [3.63, 3.8) is 0 Å². The number of hydrogen-bond acceptors (Lipinski definition) is 6. The third kappa shape index (κ3) is 6.06. The Bertz CT molecular complexity index is 1140. The molecule has 2 aromatic carbocycles. The Morgan fingerprint density at radius 1 is 1.12 bits per heavy atom. The van der Waals surface area contributed by atoms with Gasteiger partial charge in [0, 0.05) is 18.5 Å². The number of rotatable bonds is 10. The van der Waals surface area contributed by atoms with Gasteiger partial charge in [-0.2, -0.15) is 13.2 Å². The minimum atomic E-state index is -4.60. The number of hydrogen-bond donors (Lipinski definition) is 1. The monoisotopic (exact) mass is 478 g/mol. The van der Waals surface area contributed by atoms with Gasteiger partial charge < -0.3 is 19.3 Å². The van der Waals surface area contributed by atoms with Gasteiger partial charge in [-0.15, -0.1) is 0 Å². The van der Waals surface area contributed by atoms with Gasteiger partial charge in [-0.1, -0.05) is 30.6 Å². The van der Waals surface area contributed by atoms with Crippen LogP contribution in [-0.4, -0.2) is 30.7 Å². The van der Waals surface area contributed by atoms with Gasteiger partial charge in [0.05, 0.1) is 24.7 Å². The number of halogens is 3. The van der Waals surface area contributed by atoms with E-state index in [-0.39, 0.29) is 29.9 Å². The standard InChI is InChI=1S/C24H25F3N2O5/c1-3-5-17-19(12-11-18-21(17)34-29-22(18)24(25,26)27)33-13-4-6-20(30)28-14-15-7-9-16(10-8-15)23(31)32-2/h7-12H,3-6,13-14H2,1-2H3,(H,28,30). The van der Waals surface area contributed by atoms with Crippen LogP contribution in [0, 0.1) is 0 Å². The van der Waals surface area contributed by atoms with Crippen LogP contribution in [0.25, 0.3) is 11.0 Å². The number of aromatic nitrogens is 1. The quantitative estimate of drug-likeness (QED) is 0.324. The van der Waals surface area contributed by atoms with Crippen LogP contribution >= 0.6 is 0 Å². The molecule has 3 aromatic rings. The Labute approximate surface area is 194 Å². The van der Waals surface area contributed by atoms with Crippen molar-refractivity contribution in [3.05, 3.63) is 58.8 Å². The summed E-state index contributed by atoms with van der Waals surface area (Å²) in [6.45, 7) is 2.42. The summed E-state index contributed by atoms with van der Waals surface area (Å²) in [6, 6.07) is 9.48. The highest BCUT2D eigenvalue weighted by molar-refractivity contribution is 5.89. The van der Waals surface area contributed by atoms with Crippen LogP contribution in [0.5, 0.6) is 5.75 Å². The summed E-state index contributed by atoms with van der Waals surface area (Å²) >= 11 is 0. The average Bonchev–Trinajstić information content (AvgIpc) is 3.26. The van der Waals surface area contributed by atoms with Crippen molar-refractivity contribution in [2.45, 2.75) is 45.3 Å². The van der Waals surface area contributed by atoms with Crippen molar-refractivity contribution in [2.24, 2.45) is 0 Å². The van der Waals surface area contributed by atoms with E-state index in [1.807, 2.05) is 6.92 Å². The zero-order valence-electron chi connectivity index (χ0n) is 18.8. The lowest BCUT2D eigenvalue weighted by atomic mass is 10.0. The minimum Gasteiger partial charge on any atom is -0.493 e. The summed E-state index contributed by atoms with van der Waals surface area (Å²) in [5.74, 6) is -0.179. The highest BCUT2D eigenvalue weighted by atomic mass is 19.4. The van der Waals surface area contributed by atoms with Gasteiger partial charge in [0.2, 0.25) is 5.91 Å². The van der Waals surface area contributed by atoms with Crippen LogP contribution in [0.4, 0.5) is 13.2 Å². The summed E-state index contributed by atoms with van der Waals surface area (Å²) in [6.07, 6.45) is -2.82. The molecule has 1 aromatic heterocycles. The molecule has 1 N–H and O–H groups in total. The maximum atomic E-state index is 13.1. The molecular weight excluding hydrogens is 453 g/mol. The number of carbonyl (C=O) groups is 2. The fourth-order valence-electron chi connectivity index (χ4n) is 3.45. The van der Waals surface area contributed by atoms with Crippen molar-refractivity contribution in [1.82, 2.24) is 10.5 Å². The van der Waals surface area contributed by atoms with Crippen LogP contribution in [0.1, 0.15) is 53.4 Å². The molecule has 0 atom stereocenters. The maximum absolute atomic E-state index is 13.1. The molecule has 0 bridgehead atoms. The summed E-state index contributed by atoms with van der Waals surface area (Å²) in [4.78, 5) is 23.6. The number of benzene rings is 2. The normalized spacial score (nSPS) is 11.4. The molecule has 7 nitrogen and oxygen atoms in total. The molecule has 0 aliphatic rings. The number of esters is 1. The number of alkyl halides is 3. The Hall–Kier alpha value is -3.56. The lowest BCUT2D eigenvalue weighted by molar-refractivity contribution is -0.141. The lowest BCUT2D eigenvalue weighted by Gasteiger charge is -2.12. The van der Waals surface area contributed by atoms with E-state index in [9.17, 15) is 22.8 Å². The van der Waals surface area contributed by atoms with Gasteiger partial charge in [0.15, 0.2) is 11.3 Å². The van der Waals surface area contributed by atoms with E-state index in [0.717, 1.165) is 5.56 Å². The Morgan fingerprint density at radius 3 is 2.50 bits per heavy atom. The molecule has 0 saturated heterocycles. The highest BCUT2D eigenvalue weighted by Crippen LogP contribution is 2.38. The molecule has 0 radical (unpaired) electrons. The first-order valence-electron chi connectivity index (χ1n) is 10.8. The van der Waals surface area contributed by atoms with Crippen LogP contribution < -0.4 is 10.1 Å². The average molecular weight is 478 g/mol.